The second-order valence-electron chi connectivity index (χ2n) is 4.89. The van der Waals surface area contributed by atoms with E-state index in [2.05, 4.69) is 31.4 Å². The largest absolute Gasteiger partial charge is 0.507 e. The number of nitrogens with one attached hydrogen (secondary N) is 1. The lowest BCUT2D eigenvalue weighted by Crippen LogP contribution is -1.91. The first-order valence-corrected chi connectivity index (χ1v) is 9.28. The van der Waals surface area contributed by atoms with Crippen LogP contribution in [-0.4, -0.2) is 21.4 Å². The molecule has 0 saturated carbocycles. The summed E-state index contributed by atoms with van der Waals surface area (Å²) in [6.45, 7) is 0. The molecular formula is C16H10BrCl2N3O2S. The van der Waals surface area contributed by atoms with Crippen LogP contribution in [0.3, 0.4) is 0 Å². The van der Waals surface area contributed by atoms with Gasteiger partial charge in [0.05, 0.1) is 16.9 Å². The second kappa shape index (κ2) is 7.61. The molecule has 1 heterocycles. The Morgan fingerprint density at radius 1 is 1.20 bits per heavy atom. The van der Waals surface area contributed by atoms with Crippen LogP contribution >= 0.6 is 50.5 Å². The Balaban J connectivity index is 1.79. The monoisotopic (exact) mass is 457 g/mol. The number of hydrogen-bond donors (Lipinski definition) is 3. The number of hydrazone groups is 1. The molecule has 25 heavy (non-hydrogen) atoms. The number of halogens is 3. The molecule has 5 nitrogen and oxygen atoms in total. The van der Waals surface area contributed by atoms with Crippen LogP contribution in [-0.2, 0) is 0 Å². The van der Waals surface area contributed by atoms with Gasteiger partial charge in [0.15, 0.2) is 0 Å². The molecule has 0 bridgehead atoms. The number of phenols is 2. The predicted molar refractivity (Wildman–Crippen MR) is 106 cm³/mol. The van der Waals surface area contributed by atoms with Crippen LogP contribution in [0.5, 0.6) is 11.5 Å². The van der Waals surface area contributed by atoms with Crippen molar-refractivity contribution in [2.75, 3.05) is 5.43 Å². The van der Waals surface area contributed by atoms with E-state index < -0.39 is 0 Å². The molecule has 1 aromatic heterocycles. The Bertz CT molecular complexity index is 963. The van der Waals surface area contributed by atoms with Gasteiger partial charge >= 0.3 is 0 Å². The van der Waals surface area contributed by atoms with Crippen LogP contribution in [0.4, 0.5) is 5.13 Å². The minimum atomic E-state index is -0.0783. The molecule has 0 radical (unpaired) electrons. The van der Waals surface area contributed by atoms with Crippen molar-refractivity contribution in [2.24, 2.45) is 5.10 Å². The summed E-state index contributed by atoms with van der Waals surface area (Å²) in [5.74, 6) is 0.0394. The van der Waals surface area contributed by atoms with Crippen LogP contribution in [0.2, 0.25) is 10.0 Å². The van der Waals surface area contributed by atoms with Crippen molar-refractivity contribution in [1.82, 2.24) is 4.98 Å². The van der Waals surface area contributed by atoms with Gasteiger partial charge < -0.3 is 10.2 Å². The zero-order valence-electron chi connectivity index (χ0n) is 12.4. The second-order valence-corrected chi connectivity index (χ2v) is 7.51. The summed E-state index contributed by atoms with van der Waals surface area (Å²) in [7, 11) is 0. The number of benzene rings is 2. The van der Waals surface area contributed by atoms with Gasteiger partial charge in [-0.2, -0.15) is 5.10 Å². The van der Waals surface area contributed by atoms with E-state index in [9.17, 15) is 10.2 Å². The Morgan fingerprint density at radius 3 is 2.80 bits per heavy atom. The first kappa shape index (κ1) is 18.0. The lowest BCUT2D eigenvalue weighted by Gasteiger charge is -2.04. The van der Waals surface area contributed by atoms with Crippen molar-refractivity contribution >= 4 is 61.8 Å². The van der Waals surface area contributed by atoms with Gasteiger partial charge in [-0.3, -0.25) is 5.43 Å². The maximum Gasteiger partial charge on any atom is 0.203 e. The fraction of sp³-hybridized carbons (Fsp3) is 0. The predicted octanol–water partition coefficient (Wildman–Crippen LogP) is 5.74. The fourth-order valence-electron chi connectivity index (χ4n) is 2.00. The van der Waals surface area contributed by atoms with Crippen LogP contribution in [0, 0.1) is 0 Å². The summed E-state index contributed by atoms with van der Waals surface area (Å²) in [6.07, 6.45) is 1.48. The van der Waals surface area contributed by atoms with E-state index in [0.29, 0.717) is 27.0 Å². The van der Waals surface area contributed by atoms with Gasteiger partial charge in [-0.1, -0.05) is 39.1 Å². The highest BCUT2D eigenvalue weighted by atomic mass is 79.9. The number of phenolic OH excluding ortho intramolecular Hbond substituents is 2. The third-order valence-electron chi connectivity index (χ3n) is 3.16. The molecule has 0 aliphatic heterocycles. The van der Waals surface area contributed by atoms with E-state index in [0.717, 1.165) is 4.47 Å². The maximum absolute atomic E-state index is 10.1. The average Bonchev–Trinajstić information content (AvgIpc) is 3.03. The molecule has 2 aromatic carbocycles. The number of aromatic hydroxyl groups is 2. The molecule has 0 saturated heterocycles. The topological polar surface area (TPSA) is 77.7 Å². The van der Waals surface area contributed by atoms with E-state index in [1.807, 2.05) is 0 Å². The zero-order chi connectivity index (χ0) is 18.0. The quantitative estimate of drug-likeness (QED) is 0.344. The first-order valence-electron chi connectivity index (χ1n) is 6.85. The summed E-state index contributed by atoms with van der Waals surface area (Å²) < 4.78 is 0.830. The van der Waals surface area contributed by atoms with Crippen molar-refractivity contribution in [1.29, 1.82) is 0 Å². The highest BCUT2D eigenvalue weighted by Crippen LogP contribution is 2.38. The van der Waals surface area contributed by atoms with Gasteiger partial charge in [0.2, 0.25) is 5.13 Å². The third-order valence-corrected chi connectivity index (χ3v) is 4.91. The molecule has 0 unspecified atom stereocenters. The van der Waals surface area contributed by atoms with Crippen molar-refractivity contribution in [3.05, 3.63) is 55.8 Å². The normalized spacial score (nSPS) is 11.2. The summed E-state index contributed by atoms with van der Waals surface area (Å²) in [4.78, 5) is 4.34. The van der Waals surface area contributed by atoms with Gasteiger partial charge in [-0.25, -0.2) is 4.98 Å². The molecule has 3 rings (SSSR count). The molecule has 0 spiro atoms. The van der Waals surface area contributed by atoms with Crippen molar-refractivity contribution in [3.63, 3.8) is 0 Å². The van der Waals surface area contributed by atoms with Crippen molar-refractivity contribution < 1.29 is 10.2 Å². The summed E-state index contributed by atoms with van der Waals surface area (Å²) in [5.41, 5.74) is 4.30. The third kappa shape index (κ3) is 4.24. The number of nitrogens with zero attached hydrogens (tertiary/aromatic N) is 2. The van der Waals surface area contributed by atoms with E-state index in [1.54, 1.807) is 29.6 Å². The van der Waals surface area contributed by atoms with E-state index >= 15 is 0 Å². The molecule has 0 aliphatic rings. The summed E-state index contributed by atoms with van der Waals surface area (Å²) in [5, 5.41) is 26.7. The van der Waals surface area contributed by atoms with Crippen molar-refractivity contribution in [3.8, 4) is 22.8 Å². The minimum absolute atomic E-state index is 0.0783. The van der Waals surface area contributed by atoms with Crippen LogP contribution in [0.15, 0.2) is 45.3 Å². The van der Waals surface area contributed by atoms with Crippen LogP contribution in [0.25, 0.3) is 11.3 Å². The first-order chi connectivity index (χ1) is 11.9. The number of aromatic nitrogens is 1. The van der Waals surface area contributed by atoms with Gasteiger partial charge in [0, 0.05) is 26.0 Å². The molecule has 3 N–H and O–H groups in total. The summed E-state index contributed by atoms with van der Waals surface area (Å²) in [6, 6.07) is 8.08. The molecule has 9 heteroatoms. The molecule has 0 fully saturated rings. The fourth-order valence-corrected chi connectivity index (χ4v) is 3.53. The standard InChI is InChI=1S/C16H10BrCl2N3O2S/c17-9-1-2-14(23)8(3-9)6-20-22-16-21-13(7-25-16)11-4-10(18)5-12(19)15(11)24/h1-7,23-24H,(H,21,22)/b20-6+. The lowest BCUT2D eigenvalue weighted by atomic mass is 10.1. The zero-order valence-corrected chi connectivity index (χ0v) is 16.3. The van der Waals surface area contributed by atoms with E-state index in [-0.39, 0.29) is 16.5 Å². The van der Waals surface area contributed by atoms with E-state index in [4.69, 9.17) is 23.2 Å². The van der Waals surface area contributed by atoms with Gasteiger partial charge in [0.25, 0.3) is 0 Å². The van der Waals surface area contributed by atoms with Crippen LogP contribution < -0.4 is 5.43 Å². The Kier molecular flexibility index (Phi) is 5.48. The summed E-state index contributed by atoms with van der Waals surface area (Å²) >= 11 is 16.5. The number of hydrogen-bond acceptors (Lipinski definition) is 6. The Morgan fingerprint density at radius 2 is 2.00 bits per heavy atom. The average molecular weight is 459 g/mol. The van der Waals surface area contributed by atoms with Gasteiger partial charge in [-0.05, 0) is 30.3 Å². The van der Waals surface area contributed by atoms with E-state index in [1.165, 1.54) is 23.6 Å². The van der Waals surface area contributed by atoms with Crippen LogP contribution in [0.1, 0.15) is 5.56 Å². The molecule has 3 aromatic rings. The number of rotatable bonds is 4. The molecule has 128 valence electrons. The lowest BCUT2D eigenvalue weighted by molar-refractivity contribution is 0.474. The van der Waals surface area contributed by atoms with Crippen molar-refractivity contribution in [2.45, 2.75) is 0 Å². The molecular weight excluding hydrogens is 449 g/mol. The highest BCUT2D eigenvalue weighted by molar-refractivity contribution is 9.10. The maximum atomic E-state index is 10.1. The number of anilines is 1. The smallest absolute Gasteiger partial charge is 0.203 e. The van der Waals surface area contributed by atoms with Gasteiger partial charge in [0.1, 0.15) is 11.5 Å². The Hall–Kier alpha value is -1.80. The Labute approximate surface area is 165 Å². The SMILES string of the molecule is Oc1ccc(Br)cc1/C=N/Nc1nc(-c2cc(Cl)cc(Cl)c2O)cs1. The minimum Gasteiger partial charge on any atom is -0.507 e. The van der Waals surface area contributed by atoms with Gasteiger partial charge in [-0.15, -0.1) is 11.3 Å². The molecule has 0 atom stereocenters. The molecule has 0 amide bonds. The highest BCUT2D eigenvalue weighted by Gasteiger charge is 2.13. The molecule has 0 aliphatic carbocycles. The number of thiazole rings is 1.